The van der Waals surface area contributed by atoms with Gasteiger partial charge in [-0.25, -0.2) is 0 Å². The molecule has 1 unspecified atom stereocenters. The summed E-state index contributed by atoms with van der Waals surface area (Å²) in [4.78, 5) is 25.4. The maximum absolute atomic E-state index is 12.4. The van der Waals surface area contributed by atoms with Gasteiger partial charge in [-0.05, 0) is 24.7 Å². The summed E-state index contributed by atoms with van der Waals surface area (Å²) in [6, 6.07) is -0.325. The third-order valence-corrected chi connectivity index (χ3v) is 3.51. The van der Waals surface area contributed by atoms with Crippen molar-refractivity contribution in [2.75, 3.05) is 13.6 Å². The van der Waals surface area contributed by atoms with E-state index in [1.54, 1.807) is 4.90 Å². The summed E-state index contributed by atoms with van der Waals surface area (Å²) < 4.78 is 0. The van der Waals surface area contributed by atoms with Crippen molar-refractivity contribution in [3.8, 4) is 0 Å². The van der Waals surface area contributed by atoms with Crippen LogP contribution in [0.15, 0.2) is 0 Å². The number of likely N-dealkylation sites (N-methyl/N-ethyl adjacent to an activating group) is 1. The van der Waals surface area contributed by atoms with Crippen LogP contribution in [-0.4, -0.2) is 36.3 Å². The standard InChI is InChI=1S/C14H26N2O2/c1-10(2)9-16(4)14(18)13(15-11(3)17)12-7-5-6-8-12/h10,12-13H,5-9H2,1-4H3,(H,15,17). The Labute approximate surface area is 110 Å². The molecule has 104 valence electrons. The van der Waals surface area contributed by atoms with Crippen LogP contribution in [0.5, 0.6) is 0 Å². The normalized spacial score (nSPS) is 17.8. The second-order valence-electron chi connectivity index (χ2n) is 5.84. The van der Waals surface area contributed by atoms with Crippen molar-refractivity contribution in [1.82, 2.24) is 10.2 Å². The fourth-order valence-corrected chi connectivity index (χ4v) is 2.77. The van der Waals surface area contributed by atoms with E-state index in [1.807, 2.05) is 7.05 Å². The molecule has 1 aliphatic rings. The van der Waals surface area contributed by atoms with Crippen LogP contribution in [0.3, 0.4) is 0 Å². The van der Waals surface area contributed by atoms with Gasteiger partial charge in [-0.1, -0.05) is 26.7 Å². The van der Waals surface area contributed by atoms with E-state index in [0.29, 0.717) is 11.8 Å². The first kappa shape index (κ1) is 15.0. The van der Waals surface area contributed by atoms with Gasteiger partial charge >= 0.3 is 0 Å². The van der Waals surface area contributed by atoms with Gasteiger partial charge in [-0.3, -0.25) is 9.59 Å². The summed E-state index contributed by atoms with van der Waals surface area (Å²) in [5.41, 5.74) is 0. The van der Waals surface area contributed by atoms with Crippen LogP contribution < -0.4 is 5.32 Å². The lowest BCUT2D eigenvalue weighted by Crippen LogP contribution is -2.51. The SMILES string of the molecule is CC(=O)NC(C(=O)N(C)CC(C)C)C1CCCC1. The van der Waals surface area contributed by atoms with Gasteiger partial charge in [0.2, 0.25) is 11.8 Å². The number of carbonyl (C=O) groups excluding carboxylic acids is 2. The number of rotatable bonds is 5. The van der Waals surface area contributed by atoms with Crippen molar-refractivity contribution in [2.45, 2.75) is 52.5 Å². The van der Waals surface area contributed by atoms with Gasteiger partial charge in [0.1, 0.15) is 6.04 Å². The highest BCUT2D eigenvalue weighted by Crippen LogP contribution is 2.28. The molecule has 4 nitrogen and oxygen atoms in total. The molecular weight excluding hydrogens is 228 g/mol. The minimum Gasteiger partial charge on any atom is -0.344 e. The lowest BCUT2D eigenvalue weighted by Gasteiger charge is -2.29. The Hall–Kier alpha value is -1.06. The van der Waals surface area contributed by atoms with Gasteiger partial charge in [0, 0.05) is 20.5 Å². The Morgan fingerprint density at radius 3 is 2.28 bits per heavy atom. The maximum Gasteiger partial charge on any atom is 0.245 e. The van der Waals surface area contributed by atoms with Crippen molar-refractivity contribution in [3.63, 3.8) is 0 Å². The van der Waals surface area contributed by atoms with E-state index in [-0.39, 0.29) is 17.9 Å². The predicted octanol–water partition coefficient (Wildman–Crippen LogP) is 1.80. The Morgan fingerprint density at radius 1 is 1.28 bits per heavy atom. The quantitative estimate of drug-likeness (QED) is 0.813. The number of carbonyl (C=O) groups is 2. The molecule has 1 aliphatic carbocycles. The third-order valence-electron chi connectivity index (χ3n) is 3.51. The Balaban J connectivity index is 2.68. The second kappa shape index (κ2) is 6.76. The molecule has 0 bridgehead atoms. The molecule has 1 fully saturated rings. The average molecular weight is 254 g/mol. The van der Waals surface area contributed by atoms with Crippen LogP contribution >= 0.6 is 0 Å². The van der Waals surface area contributed by atoms with Crippen LogP contribution in [0.25, 0.3) is 0 Å². The molecule has 0 aromatic carbocycles. The van der Waals surface area contributed by atoms with E-state index < -0.39 is 0 Å². The number of hydrogen-bond acceptors (Lipinski definition) is 2. The average Bonchev–Trinajstić information content (AvgIpc) is 2.76. The highest BCUT2D eigenvalue weighted by Gasteiger charge is 2.33. The van der Waals surface area contributed by atoms with E-state index in [2.05, 4.69) is 19.2 Å². The van der Waals surface area contributed by atoms with Crippen LogP contribution in [-0.2, 0) is 9.59 Å². The fraction of sp³-hybridized carbons (Fsp3) is 0.857. The van der Waals surface area contributed by atoms with Crippen LogP contribution in [0.4, 0.5) is 0 Å². The van der Waals surface area contributed by atoms with Crippen LogP contribution in [0.2, 0.25) is 0 Å². The summed E-state index contributed by atoms with van der Waals surface area (Å²) in [6.45, 7) is 6.40. The molecule has 0 aromatic heterocycles. The zero-order valence-electron chi connectivity index (χ0n) is 12.0. The van der Waals surface area contributed by atoms with Gasteiger partial charge in [0.05, 0.1) is 0 Å². The zero-order chi connectivity index (χ0) is 13.7. The Kier molecular flexibility index (Phi) is 5.63. The van der Waals surface area contributed by atoms with E-state index >= 15 is 0 Å². The number of nitrogens with zero attached hydrogens (tertiary/aromatic N) is 1. The first-order valence-electron chi connectivity index (χ1n) is 6.94. The topological polar surface area (TPSA) is 49.4 Å². The molecule has 1 N–H and O–H groups in total. The molecule has 0 saturated heterocycles. The van der Waals surface area contributed by atoms with Crippen molar-refractivity contribution in [1.29, 1.82) is 0 Å². The van der Waals surface area contributed by atoms with Gasteiger partial charge < -0.3 is 10.2 Å². The maximum atomic E-state index is 12.4. The number of nitrogens with one attached hydrogen (secondary N) is 1. The largest absolute Gasteiger partial charge is 0.344 e. The molecule has 0 spiro atoms. The molecule has 18 heavy (non-hydrogen) atoms. The molecule has 0 radical (unpaired) electrons. The Morgan fingerprint density at radius 2 is 1.83 bits per heavy atom. The summed E-state index contributed by atoms with van der Waals surface area (Å²) in [5.74, 6) is 0.709. The fourth-order valence-electron chi connectivity index (χ4n) is 2.77. The number of amides is 2. The lowest BCUT2D eigenvalue weighted by atomic mass is 9.96. The van der Waals surface area contributed by atoms with Crippen molar-refractivity contribution < 1.29 is 9.59 Å². The molecule has 1 saturated carbocycles. The first-order valence-corrected chi connectivity index (χ1v) is 6.94. The highest BCUT2D eigenvalue weighted by molar-refractivity contribution is 5.87. The van der Waals surface area contributed by atoms with E-state index in [4.69, 9.17) is 0 Å². The van der Waals surface area contributed by atoms with E-state index in [9.17, 15) is 9.59 Å². The molecule has 2 amide bonds. The van der Waals surface area contributed by atoms with Crippen molar-refractivity contribution >= 4 is 11.8 Å². The second-order valence-corrected chi connectivity index (χ2v) is 5.84. The molecule has 4 heteroatoms. The minimum absolute atomic E-state index is 0.0609. The first-order chi connectivity index (χ1) is 8.41. The van der Waals surface area contributed by atoms with Gasteiger partial charge in [0.15, 0.2) is 0 Å². The summed E-state index contributed by atoms with van der Waals surface area (Å²) in [6.07, 6.45) is 4.43. The van der Waals surface area contributed by atoms with E-state index in [1.165, 1.54) is 19.8 Å². The molecule has 0 aliphatic heterocycles. The zero-order valence-corrected chi connectivity index (χ0v) is 12.0. The van der Waals surface area contributed by atoms with E-state index in [0.717, 1.165) is 19.4 Å². The minimum atomic E-state index is -0.325. The highest BCUT2D eigenvalue weighted by atomic mass is 16.2. The van der Waals surface area contributed by atoms with Crippen molar-refractivity contribution in [3.05, 3.63) is 0 Å². The van der Waals surface area contributed by atoms with Crippen LogP contribution in [0, 0.1) is 11.8 Å². The van der Waals surface area contributed by atoms with Crippen molar-refractivity contribution in [2.24, 2.45) is 11.8 Å². The van der Waals surface area contributed by atoms with Gasteiger partial charge in [-0.2, -0.15) is 0 Å². The number of hydrogen-bond donors (Lipinski definition) is 1. The summed E-state index contributed by atoms with van der Waals surface area (Å²) in [5, 5.41) is 2.85. The third kappa shape index (κ3) is 4.31. The molecule has 1 rings (SSSR count). The molecule has 1 atom stereocenters. The lowest BCUT2D eigenvalue weighted by molar-refractivity contribution is -0.136. The Bertz CT molecular complexity index is 296. The summed E-state index contributed by atoms with van der Waals surface area (Å²) in [7, 11) is 1.83. The van der Waals surface area contributed by atoms with Gasteiger partial charge in [0.25, 0.3) is 0 Å². The summed E-state index contributed by atoms with van der Waals surface area (Å²) >= 11 is 0. The molecule has 0 heterocycles. The molecular formula is C14H26N2O2. The van der Waals surface area contributed by atoms with Gasteiger partial charge in [-0.15, -0.1) is 0 Å². The predicted molar refractivity (Wildman–Crippen MR) is 72.0 cm³/mol. The van der Waals surface area contributed by atoms with Crippen LogP contribution in [0.1, 0.15) is 46.5 Å². The monoisotopic (exact) mass is 254 g/mol. The molecule has 0 aromatic rings. The smallest absolute Gasteiger partial charge is 0.245 e.